The Balaban J connectivity index is 1.55. The van der Waals surface area contributed by atoms with Gasteiger partial charge in [-0.05, 0) is 31.4 Å². The second-order valence-corrected chi connectivity index (χ2v) is 5.01. The first-order valence-electron chi connectivity index (χ1n) is 7.24. The molecule has 19 heavy (non-hydrogen) atoms. The quantitative estimate of drug-likeness (QED) is 0.791. The van der Waals surface area contributed by atoms with E-state index < -0.39 is 0 Å². The zero-order valence-corrected chi connectivity index (χ0v) is 11.5. The van der Waals surface area contributed by atoms with Gasteiger partial charge in [0.2, 0.25) is 5.91 Å². The molecule has 1 aromatic rings. The summed E-state index contributed by atoms with van der Waals surface area (Å²) in [7, 11) is 0. The van der Waals surface area contributed by atoms with Gasteiger partial charge in [-0.25, -0.2) is 0 Å². The van der Waals surface area contributed by atoms with E-state index in [4.69, 9.17) is 0 Å². The van der Waals surface area contributed by atoms with Crippen molar-refractivity contribution in [3.63, 3.8) is 0 Å². The van der Waals surface area contributed by atoms with E-state index in [9.17, 15) is 4.79 Å². The highest BCUT2D eigenvalue weighted by Gasteiger charge is 2.14. The number of amides is 1. The fourth-order valence-corrected chi connectivity index (χ4v) is 2.38. The second-order valence-electron chi connectivity index (χ2n) is 5.01. The van der Waals surface area contributed by atoms with Crippen molar-refractivity contribution >= 4 is 5.91 Å². The third kappa shape index (κ3) is 4.99. The Kier molecular flexibility index (Phi) is 5.82. The van der Waals surface area contributed by atoms with Crippen LogP contribution in [0, 0.1) is 0 Å². The fourth-order valence-electron chi connectivity index (χ4n) is 2.38. The van der Waals surface area contributed by atoms with E-state index in [2.05, 4.69) is 16.4 Å². The fraction of sp³-hybridized carbons (Fsp3) is 0.600. The topological polar surface area (TPSA) is 45.2 Å². The molecule has 2 heterocycles. The third-order valence-corrected chi connectivity index (χ3v) is 3.52. The van der Waals surface area contributed by atoms with Crippen LogP contribution in [0.15, 0.2) is 24.4 Å². The van der Waals surface area contributed by atoms with Gasteiger partial charge in [-0.3, -0.25) is 9.78 Å². The van der Waals surface area contributed by atoms with Crippen LogP contribution in [0.5, 0.6) is 0 Å². The van der Waals surface area contributed by atoms with Crippen LogP contribution in [0.25, 0.3) is 0 Å². The average molecular weight is 261 g/mol. The van der Waals surface area contributed by atoms with Gasteiger partial charge in [0, 0.05) is 44.5 Å². The van der Waals surface area contributed by atoms with E-state index in [1.807, 2.05) is 23.2 Å². The van der Waals surface area contributed by atoms with E-state index in [1.165, 1.54) is 0 Å². The molecule has 0 aliphatic carbocycles. The highest BCUT2D eigenvalue weighted by molar-refractivity contribution is 5.76. The Morgan fingerprint density at radius 1 is 1.21 bits per heavy atom. The van der Waals surface area contributed by atoms with Gasteiger partial charge >= 0.3 is 0 Å². The summed E-state index contributed by atoms with van der Waals surface area (Å²) in [6.07, 6.45) is 6.77. The highest BCUT2D eigenvalue weighted by atomic mass is 16.2. The number of aryl methyl sites for hydroxylation is 1. The lowest BCUT2D eigenvalue weighted by atomic mass is 10.1. The Morgan fingerprint density at radius 2 is 2.05 bits per heavy atom. The molecule has 0 spiro atoms. The number of rotatable bonds is 6. The zero-order valence-electron chi connectivity index (χ0n) is 11.5. The molecule has 1 saturated heterocycles. The van der Waals surface area contributed by atoms with Gasteiger partial charge in [0.15, 0.2) is 0 Å². The van der Waals surface area contributed by atoms with E-state index in [1.54, 1.807) is 0 Å². The molecule has 0 atom stereocenters. The third-order valence-electron chi connectivity index (χ3n) is 3.52. The van der Waals surface area contributed by atoms with Gasteiger partial charge in [-0.1, -0.05) is 12.5 Å². The summed E-state index contributed by atoms with van der Waals surface area (Å²) in [6, 6.07) is 6.03. The summed E-state index contributed by atoms with van der Waals surface area (Å²) >= 11 is 0. The minimum atomic E-state index is 0.319. The molecule has 0 radical (unpaired) electrons. The SMILES string of the molecule is O=C(CCCCCc1ccccn1)N1CCNCC1. The molecule has 1 aromatic heterocycles. The van der Waals surface area contributed by atoms with Crippen molar-refractivity contribution < 1.29 is 4.79 Å². The van der Waals surface area contributed by atoms with Gasteiger partial charge in [-0.15, -0.1) is 0 Å². The summed E-state index contributed by atoms with van der Waals surface area (Å²) in [5, 5.41) is 3.26. The lowest BCUT2D eigenvalue weighted by molar-refractivity contribution is -0.131. The van der Waals surface area contributed by atoms with E-state index in [0.717, 1.165) is 57.6 Å². The molecule has 0 unspecified atom stereocenters. The van der Waals surface area contributed by atoms with Crippen molar-refractivity contribution in [2.24, 2.45) is 0 Å². The highest BCUT2D eigenvalue weighted by Crippen LogP contribution is 2.07. The van der Waals surface area contributed by atoms with Crippen LogP contribution in [0.1, 0.15) is 31.4 Å². The molecule has 4 nitrogen and oxygen atoms in total. The Bertz CT molecular complexity index is 374. The summed E-state index contributed by atoms with van der Waals surface area (Å²) in [5.41, 5.74) is 1.15. The molecule has 4 heteroatoms. The zero-order chi connectivity index (χ0) is 13.3. The van der Waals surface area contributed by atoms with Crippen molar-refractivity contribution in [3.8, 4) is 0 Å². The van der Waals surface area contributed by atoms with Crippen molar-refractivity contribution in [3.05, 3.63) is 30.1 Å². The minimum Gasteiger partial charge on any atom is -0.340 e. The average Bonchev–Trinajstić information content (AvgIpc) is 2.49. The van der Waals surface area contributed by atoms with Crippen LogP contribution in [0.3, 0.4) is 0 Å². The molecule has 2 rings (SSSR count). The van der Waals surface area contributed by atoms with E-state index >= 15 is 0 Å². The summed E-state index contributed by atoms with van der Waals surface area (Å²) in [4.78, 5) is 18.2. The van der Waals surface area contributed by atoms with Crippen molar-refractivity contribution in [2.45, 2.75) is 32.1 Å². The molecule has 1 fully saturated rings. The van der Waals surface area contributed by atoms with Crippen LogP contribution >= 0.6 is 0 Å². The van der Waals surface area contributed by atoms with Crippen LogP contribution in [0.2, 0.25) is 0 Å². The Morgan fingerprint density at radius 3 is 2.79 bits per heavy atom. The molecule has 0 bridgehead atoms. The van der Waals surface area contributed by atoms with Crippen LogP contribution in [0.4, 0.5) is 0 Å². The molecule has 0 aromatic carbocycles. The van der Waals surface area contributed by atoms with Crippen molar-refractivity contribution in [1.29, 1.82) is 0 Å². The van der Waals surface area contributed by atoms with E-state index in [-0.39, 0.29) is 0 Å². The molecule has 1 N–H and O–H groups in total. The second kappa shape index (κ2) is 7.89. The van der Waals surface area contributed by atoms with E-state index in [0.29, 0.717) is 12.3 Å². The Labute approximate surface area is 115 Å². The maximum atomic E-state index is 11.9. The number of carbonyl (C=O) groups excluding carboxylic acids is 1. The molecule has 1 aliphatic heterocycles. The predicted octanol–water partition coefficient (Wildman–Crippen LogP) is 1.62. The number of pyridine rings is 1. The maximum Gasteiger partial charge on any atom is 0.222 e. The number of carbonyl (C=O) groups is 1. The van der Waals surface area contributed by atoms with Crippen LogP contribution in [-0.2, 0) is 11.2 Å². The number of piperazine rings is 1. The first kappa shape index (κ1) is 14.0. The summed E-state index contributed by atoms with van der Waals surface area (Å²) in [6.45, 7) is 3.61. The number of nitrogens with zero attached hydrogens (tertiary/aromatic N) is 2. The molecular formula is C15H23N3O. The molecule has 1 amide bonds. The molecular weight excluding hydrogens is 238 g/mol. The summed E-state index contributed by atoms with van der Waals surface area (Å²) < 4.78 is 0. The lowest BCUT2D eigenvalue weighted by Gasteiger charge is -2.27. The van der Waals surface area contributed by atoms with Crippen LogP contribution < -0.4 is 5.32 Å². The number of hydrogen-bond acceptors (Lipinski definition) is 3. The number of hydrogen-bond donors (Lipinski definition) is 1. The van der Waals surface area contributed by atoms with Gasteiger partial charge in [-0.2, -0.15) is 0 Å². The molecule has 0 saturated carbocycles. The van der Waals surface area contributed by atoms with Crippen LogP contribution in [-0.4, -0.2) is 42.0 Å². The maximum absolute atomic E-state index is 11.9. The number of nitrogens with one attached hydrogen (secondary N) is 1. The predicted molar refractivity (Wildman–Crippen MR) is 75.9 cm³/mol. The lowest BCUT2D eigenvalue weighted by Crippen LogP contribution is -2.46. The van der Waals surface area contributed by atoms with Crippen molar-refractivity contribution in [1.82, 2.24) is 15.2 Å². The van der Waals surface area contributed by atoms with Gasteiger partial charge in [0.25, 0.3) is 0 Å². The number of unbranched alkanes of at least 4 members (excludes halogenated alkanes) is 2. The smallest absolute Gasteiger partial charge is 0.222 e. The van der Waals surface area contributed by atoms with Gasteiger partial charge < -0.3 is 10.2 Å². The Hall–Kier alpha value is -1.42. The monoisotopic (exact) mass is 261 g/mol. The van der Waals surface area contributed by atoms with Gasteiger partial charge in [0.05, 0.1) is 0 Å². The standard InChI is InChI=1S/C15H23N3O/c19-15(18-12-10-16-11-13-18)8-3-1-2-6-14-7-4-5-9-17-14/h4-5,7,9,16H,1-3,6,8,10-13H2. The largest absolute Gasteiger partial charge is 0.340 e. The molecule has 104 valence electrons. The molecule has 1 aliphatic rings. The number of aromatic nitrogens is 1. The van der Waals surface area contributed by atoms with Gasteiger partial charge in [0.1, 0.15) is 0 Å². The minimum absolute atomic E-state index is 0.319. The van der Waals surface area contributed by atoms with Crippen molar-refractivity contribution in [2.75, 3.05) is 26.2 Å². The summed E-state index contributed by atoms with van der Waals surface area (Å²) in [5.74, 6) is 0.319. The first-order valence-corrected chi connectivity index (χ1v) is 7.24. The normalized spacial score (nSPS) is 15.5. The first-order chi connectivity index (χ1) is 9.36.